The number of piperazine rings is 2. The number of amides is 1. The molecule has 1 aromatic heterocycles. The maximum atomic E-state index is 13.5. The Kier molecular flexibility index (Phi) is 7.43. The molecule has 2 aliphatic heterocycles. The minimum atomic E-state index is 0.134. The first-order valence-corrected chi connectivity index (χ1v) is 13.1. The summed E-state index contributed by atoms with van der Waals surface area (Å²) in [5.41, 5.74) is 6.46. The molecule has 190 valence electrons. The van der Waals surface area contributed by atoms with Crippen LogP contribution in [0.4, 0.5) is 11.5 Å². The van der Waals surface area contributed by atoms with Crippen molar-refractivity contribution in [1.82, 2.24) is 14.8 Å². The van der Waals surface area contributed by atoms with Gasteiger partial charge in [-0.05, 0) is 60.9 Å². The number of hydrogen-bond acceptors (Lipinski definition) is 5. The van der Waals surface area contributed by atoms with Gasteiger partial charge in [-0.3, -0.25) is 9.69 Å². The van der Waals surface area contributed by atoms with Crippen LogP contribution in [0.1, 0.15) is 32.6 Å². The lowest BCUT2D eigenvalue weighted by atomic mass is 9.98. The average molecular weight is 494 g/mol. The van der Waals surface area contributed by atoms with Crippen molar-refractivity contribution in [1.29, 1.82) is 0 Å². The van der Waals surface area contributed by atoms with Crippen molar-refractivity contribution in [3.8, 4) is 12.3 Å². The van der Waals surface area contributed by atoms with Crippen molar-refractivity contribution in [3.63, 3.8) is 0 Å². The van der Waals surface area contributed by atoms with Crippen molar-refractivity contribution in [2.75, 3.05) is 62.2 Å². The van der Waals surface area contributed by atoms with Crippen LogP contribution in [0, 0.1) is 26.2 Å². The van der Waals surface area contributed by atoms with E-state index in [0.29, 0.717) is 13.1 Å². The zero-order valence-corrected chi connectivity index (χ0v) is 21.9. The highest BCUT2D eigenvalue weighted by Gasteiger charge is 2.25. The van der Waals surface area contributed by atoms with E-state index in [-0.39, 0.29) is 5.91 Å². The van der Waals surface area contributed by atoms with Gasteiger partial charge in [0.15, 0.2) is 0 Å². The van der Waals surface area contributed by atoms with E-state index in [1.807, 2.05) is 41.4 Å². The molecule has 0 aliphatic carbocycles. The van der Waals surface area contributed by atoms with Gasteiger partial charge in [0.25, 0.3) is 5.91 Å². The van der Waals surface area contributed by atoms with E-state index in [9.17, 15) is 4.79 Å². The lowest BCUT2D eigenvalue weighted by Gasteiger charge is -2.37. The molecule has 0 radical (unpaired) electrons. The Balaban J connectivity index is 1.22. The van der Waals surface area contributed by atoms with E-state index in [4.69, 9.17) is 6.42 Å². The number of benzene rings is 2. The minimum Gasteiger partial charge on any atom is -0.368 e. The van der Waals surface area contributed by atoms with Crippen LogP contribution in [0.25, 0.3) is 0 Å². The summed E-state index contributed by atoms with van der Waals surface area (Å²) in [5, 5.41) is 0. The third kappa shape index (κ3) is 5.47. The molecule has 2 aromatic carbocycles. The summed E-state index contributed by atoms with van der Waals surface area (Å²) in [6.45, 7) is 11.9. The van der Waals surface area contributed by atoms with Crippen LogP contribution in [0.5, 0.6) is 0 Å². The number of carbonyl (C=O) groups excluding carboxylic acids is 1. The second kappa shape index (κ2) is 11.1. The lowest BCUT2D eigenvalue weighted by Crippen LogP contribution is -2.49. The quantitative estimate of drug-likeness (QED) is 0.504. The number of rotatable bonds is 5. The second-order valence-electron chi connectivity index (χ2n) is 9.99. The van der Waals surface area contributed by atoms with E-state index in [0.717, 1.165) is 74.0 Å². The van der Waals surface area contributed by atoms with Gasteiger partial charge in [-0.15, -0.1) is 6.42 Å². The average Bonchev–Trinajstić information content (AvgIpc) is 2.95. The summed E-state index contributed by atoms with van der Waals surface area (Å²) < 4.78 is 0. The molecule has 0 saturated carbocycles. The molecule has 37 heavy (non-hydrogen) atoms. The van der Waals surface area contributed by atoms with Gasteiger partial charge in [-0.2, -0.15) is 0 Å². The number of hydrogen-bond donors (Lipinski definition) is 0. The smallest absolute Gasteiger partial charge is 0.254 e. The van der Waals surface area contributed by atoms with Gasteiger partial charge >= 0.3 is 0 Å². The van der Waals surface area contributed by atoms with E-state index in [2.05, 4.69) is 63.7 Å². The highest BCUT2D eigenvalue weighted by Crippen LogP contribution is 2.24. The standard InChI is InChI=1S/C31H35N5O/c1-4-26-9-5-6-10-29(26)34-15-13-33(14-16-34)23-27-22-28(25(3)21-24(27)2)31(37)36-19-17-35(18-20-36)30-11-7-8-12-32-30/h1,5-12,21-22H,13-20,23H2,2-3H3. The Morgan fingerprint density at radius 3 is 2.27 bits per heavy atom. The molecular formula is C31H35N5O. The third-order valence-corrected chi connectivity index (χ3v) is 7.62. The Morgan fingerprint density at radius 2 is 1.57 bits per heavy atom. The summed E-state index contributed by atoms with van der Waals surface area (Å²) >= 11 is 0. The molecule has 6 heteroatoms. The molecule has 1 amide bonds. The van der Waals surface area contributed by atoms with Crippen LogP contribution in [0.2, 0.25) is 0 Å². The van der Waals surface area contributed by atoms with Crippen LogP contribution in [0.3, 0.4) is 0 Å². The molecule has 0 bridgehead atoms. The number of pyridine rings is 1. The number of aryl methyl sites for hydroxylation is 2. The fraction of sp³-hybridized carbons (Fsp3) is 0.355. The number of anilines is 2. The van der Waals surface area contributed by atoms with Gasteiger partial charge in [0.2, 0.25) is 0 Å². The summed E-state index contributed by atoms with van der Waals surface area (Å²) in [5.74, 6) is 3.93. The van der Waals surface area contributed by atoms with Gasteiger partial charge in [-0.25, -0.2) is 4.98 Å². The first-order valence-electron chi connectivity index (χ1n) is 13.1. The van der Waals surface area contributed by atoms with Crippen molar-refractivity contribution in [2.24, 2.45) is 0 Å². The molecule has 3 aromatic rings. The number of nitrogens with zero attached hydrogens (tertiary/aromatic N) is 5. The lowest BCUT2D eigenvalue weighted by molar-refractivity contribution is 0.0745. The number of terminal acetylenes is 1. The monoisotopic (exact) mass is 493 g/mol. The molecule has 3 heterocycles. The first kappa shape index (κ1) is 24.9. The maximum absolute atomic E-state index is 13.5. The van der Waals surface area contributed by atoms with Gasteiger partial charge in [0, 0.05) is 76.2 Å². The molecular weight excluding hydrogens is 458 g/mol. The van der Waals surface area contributed by atoms with Crippen LogP contribution in [-0.4, -0.2) is 73.0 Å². The largest absolute Gasteiger partial charge is 0.368 e. The Bertz CT molecular complexity index is 1280. The summed E-state index contributed by atoms with van der Waals surface area (Å²) in [6, 6.07) is 18.4. The molecule has 6 nitrogen and oxygen atoms in total. The molecule has 0 atom stereocenters. The maximum Gasteiger partial charge on any atom is 0.254 e. The first-order chi connectivity index (χ1) is 18.0. The zero-order chi connectivity index (χ0) is 25.8. The van der Waals surface area contributed by atoms with Crippen molar-refractivity contribution >= 4 is 17.4 Å². The zero-order valence-electron chi connectivity index (χ0n) is 21.9. The second-order valence-corrected chi connectivity index (χ2v) is 9.99. The highest BCUT2D eigenvalue weighted by atomic mass is 16.2. The fourth-order valence-electron chi connectivity index (χ4n) is 5.41. The SMILES string of the molecule is C#Cc1ccccc1N1CCN(Cc2cc(C(=O)N3CCN(c4ccccn4)CC3)c(C)cc2C)CC1. The van der Waals surface area contributed by atoms with Crippen LogP contribution >= 0.6 is 0 Å². The molecule has 2 saturated heterocycles. The Morgan fingerprint density at radius 1 is 0.865 bits per heavy atom. The molecule has 0 spiro atoms. The van der Waals surface area contributed by atoms with E-state index < -0.39 is 0 Å². The Hall–Kier alpha value is -3.82. The molecule has 0 unspecified atom stereocenters. The van der Waals surface area contributed by atoms with E-state index in [1.165, 1.54) is 11.1 Å². The number of carbonyl (C=O) groups is 1. The van der Waals surface area contributed by atoms with Crippen molar-refractivity contribution in [3.05, 3.63) is 88.6 Å². The van der Waals surface area contributed by atoms with Crippen LogP contribution < -0.4 is 9.80 Å². The highest BCUT2D eigenvalue weighted by molar-refractivity contribution is 5.96. The van der Waals surface area contributed by atoms with Gasteiger partial charge < -0.3 is 14.7 Å². The summed E-state index contributed by atoms with van der Waals surface area (Å²) in [7, 11) is 0. The topological polar surface area (TPSA) is 42.9 Å². The number of para-hydroxylation sites is 1. The van der Waals surface area contributed by atoms with Crippen molar-refractivity contribution in [2.45, 2.75) is 20.4 Å². The Labute approximate surface area is 220 Å². The van der Waals surface area contributed by atoms with E-state index >= 15 is 0 Å². The molecule has 0 N–H and O–H groups in total. The van der Waals surface area contributed by atoms with E-state index in [1.54, 1.807) is 0 Å². The summed E-state index contributed by atoms with van der Waals surface area (Å²) in [4.78, 5) is 27.1. The van der Waals surface area contributed by atoms with Crippen LogP contribution in [-0.2, 0) is 6.54 Å². The van der Waals surface area contributed by atoms with Crippen molar-refractivity contribution < 1.29 is 4.79 Å². The predicted molar refractivity (Wildman–Crippen MR) is 150 cm³/mol. The molecule has 5 rings (SSSR count). The predicted octanol–water partition coefficient (Wildman–Crippen LogP) is 3.96. The van der Waals surface area contributed by atoms with Crippen LogP contribution in [0.15, 0.2) is 60.8 Å². The minimum absolute atomic E-state index is 0.134. The van der Waals surface area contributed by atoms with Gasteiger partial charge in [0.1, 0.15) is 5.82 Å². The molecule has 2 aliphatic rings. The normalized spacial score (nSPS) is 16.5. The fourth-order valence-corrected chi connectivity index (χ4v) is 5.41. The molecule has 2 fully saturated rings. The summed E-state index contributed by atoms with van der Waals surface area (Å²) in [6.07, 6.45) is 7.54. The van der Waals surface area contributed by atoms with Gasteiger partial charge in [-0.1, -0.05) is 30.2 Å². The third-order valence-electron chi connectivity index (χ3n) is 7.62. The number of aromatic nitrogens is 1. The van der Waals surface area contributed by atoms with Gasteiger partial charge in [0.05, 0.1) is 5.69 Å².